The second-order valence-corrected chi connectivity index (χ2v) is 7.30. The maximum absolute atomic E-state index is 5.69. The summed E-state index contributed by atoms with van der Waals surface area (Å²) in [7, 11) is 0. The number of aliphatic imine (C=N–C) groups is 1. The highest BCUT2D eigenvalue weighted by molar-refractivity contribution is 5.79. The van der Waals surface area contributed by atoms with Crippen molar-refractivity contribution in [3.05, 3.63) is 35.4 Å². The van der Waals surface area contributed by atoms with Crippen molar-refractivity contribution in [3.8, 4) is 0 Å². The molecule has 2 aliphatic rings. The molecule has 0 spiro atoms. The van der Waals surface area contributed by atoms with Crippen molar-refractivity contribution in [1.29, 1.82) is 0 Å². The predicted octanol–water partition coefficient (Wildman–Crippen LogP) is 2.00. The van der Waals surface area contributed by atoms with Crippen LogP contribution in [-0.2, 0) is 22.6 Å². The molecular weight excluding hydrogens is 340 g/mol. The van der Waals surface area contributed by atoms with Gasteiger partial charge in [-0.05, 0) is 36.8 Å². The van der Waals surface area contributed by atoms with Crippen LogP contribution in [0.5, 0.6) is 0 Å². The van der Waals surface area contributed by atoms with Gasteiger partial charge in [-0.1, -0.05) is 24.3 Å². The summed E-state index contributed by atoms with van der Waals surface area (Å²) in [5, 5.41) is 6.69. The molecular formula is C21H34N4O2. The Morgan fingerprint density at radius 2 is 1.96 bits per heavy atom. The number of guanidine groups is 1. The predicted molar refractivity (Wildman–Crippen MR) is 109 cm³/mol. The van der Waals surface area contributed by atoms with Crippen molar-refractivity contribution < 1.29 is 9.47 Å². The highest BCUT2D eigenvalue weighted by atomic mass is 16.5. The zero-order valence-corrected chi connectivity index (χ0v) is 16.6. The largest absolute Gasteiger partial charge is 0.379 e. The molecule has 0 amide bonds. The SMILES string of the molecule is CCNC(=NCc1ccccc1CN1CCOCC1)NCCOCC1CC1. The van der Waals surface area contributed by atoms with Gasteiger partial charge >= 0.3 is 0 Å². The molecule has 2 fully saturated rings. The number of nitrogens with zero attached hydrogens (tertiary/aromatic N) is 2. The van der Waals surface area contributed by atoms with Gasteiger partial charge in [0.1, 0.15) is 0 Å². The minimum absolute atomic E-state index is 0.679. The van der Waals surface area contributed by atoms with Crippen LogP contribution in [0, 0.1) is 5.92 Å². The van der Waals surface area contributed by atoms with Crippen LogP contribution < -0.4 is 10.6 Å². The third kappa shape index (κ3) is 7.48. The summed E-state index contributed by atoms with van der Waals surface area (Å²) in [5.74, 6) is 1.67. The standard InChI is InChI=1S/C21H34N4O2/c1-2-22-21(23-9-12-27-17-18-7-8-18)24-15-19-5-3-4-6-20(19)16-25-10-13-26-14-11-25/h3-6,18H,2,7-17H2,1H3,(H2,22,23,24). The van der Waals surface area contributed by atoms with Gasteiger partial charge in [-0.3, -0.25) is 4.90 Å². The maximum atomic E-state index is 5.69. The monoisotopic (exact) mass is 374 g/mol. The quantitative estimate of drug-likeness (QED) is 0.373. The summed E-state index contributed by atoms with van der Waals surface area (Å²) in [6.45, 7) is 10.7. The average Bonchev–Trinajstić information content (AvgIpc) is 3.52. The van der Waals surface area contributed by atoms with Crippen LogP contribution in [0.4, 0.5) is 0 Å². The number of hydrogen-bond donors (Lipinski definition) is 2. The van der Waals surface area contributed by atoms with E-state index in [0.29, 0.717) is 6.54 Å². The molecule has 150 valence electrons. The van der Waals surface area contributed by atoms with Crippen LogP contribution in [-0.4, -0.2) is 63.5 Å². The van der Waals surface area contributed by atoms with Crippen LogP contribution in [0.25, 0.3) is 0 Å². The summed E-state index contributed by atoms with van der Waals surface area (Å²) in [6.07, 6.45) is 2.67. The molecule has 1 saturated heterocycles. The molecule has 0 unspecified atom stereocenters. The molecule has 0 radical (unpaired) electrons. The van der Waals surface area contributed by atoms with Crippen LogP contribution >= 0.6 is 0 Å². The van der Waals surface area contributed by atoms with Gasteiger partial charge in [-0.25, -0.2) is 4.99 Å². The first-order valence-electron chi connectivity index (χ1n) is 10.3. The Labute approximate surface area is 163 Å². The Hall–Kier alpha value is -1.63. The zero-order chi connectivity index (χ0) is 18.7. The number of ether oxygens (including phenoxy) is 2. The second kappa shape index (κ2) is 11.3. The molecule has 3 rings (SSSR count). The molecule has 1 aliphatic heterocycles. The third-order valence-corrected chi connectivity index (χ3v) is 4.96. The first kappa shape index (κ1) is 20.1. The van der Waals surface area contributed by atoms with E-state index < -0.39 is 0 Å². The number of nitrogens with one attached hydrogen (secondary N) is 2. The van der Waals surface area contributed by atoms with Gasteiger partial charge in [0.05, 0.1) is 26.4 Å². The van der Waals surface area contributed by atoms with E-state index in [1.807, 2.05) is 0 Å². The molecule has 1 heterocycles. The lowest BCUT2D eigenvalue weighted by atomic mass is 10.1. The Bertz CT molecular complexity index is 583. The van der Waals surface area contributed by atoms with Crippen molar-refractivity contribution >= 4 is 5.96 Å². The summed E-state index contributed by atoms with van der Waals surface area (Å²) in [6, 6.07) is 8.61. The highest BCUT2D eigenvalue weighted by Crippen LogP contribution is 2.28. The Balaban J connectivity index is 1.49. The van der Waals surface area contributed by atoms with E-state index >= 15 is 0 Å². The van der Waals surface area contributed by atoms with Crippen LogP contribution in [0.2, 0.25) is 0 Å². The molecule has 6 heteroatoms. The molecule has 27 heavy (non-hydrogen) atoms. The van der Waals surface area contributed by atoms with Gasteiger partial charge < -0.3 is 20.1 Å². The van der Waals surface area contributed by atoms with E-state index in [4.69, 9.17) is 14.5 Å². The Kier molecular flexibility index (Phi) is 8.39. The number of rotatable bonds is 10. The van der Waals surface area contributed by atoms with Gasteiger partial charge in [-0.2, -0.15) is 0 Å². The minimum Gasteiger partial charge on any atom is -0.379 e. The summed E-state index contributed by atoms with van der Waals surface area (Å²) >= 11 is 0. The van der Waals surface area contributed by atoms with Crippen LogP contribution in [0.3, 0.4) is 0 Å². The lowest BCUT2D eigenvalue weighted by molar-refractivity contribution is 0.0341. The van der Waals surface area contributed by atoms with Crippen molar-refractivity contribution in [3.63, 3.8) is 0 Å². The normalized spacial score (nSPS) is 18.5. The summed E-state index contributed by atoms with van der Waals surface area (Å²) in [4.78, 5) is 7.23. The topological polar surface area (TPSA) is 58.1 Å². The Morgan fingerprint density at radius 1 is 1.19 bits per heavy atom. The minimum atomic E-state index is 0.679. The smallest absolute Gasteiger partial charge is 0.191 e. The average molecular weight is 375 g/mol. The van der Waals surface area contributed by atoms with Gasteiger partial charge in [0.25, 0.3) is 0 Å². The molecule has 1 aromatic rings. The lowest BCUT2D eigenvalue weighted by Crippen LogP contribution is -2.39. The van der Waals surface area contributed by atoms with E-state index in [0.717, 1.165) is 71.0 Å². The van der Waals surface area contributed by atoms with Gasteiger partial charge in [0, 0.05) is 39.3 Å². The molecule has 1 aliphatic carbocycles. The third-order valence-electron chi connectivity index (χ3n) is 4.96. The Morgan fingerprint density at radius 3 is 2.70 bits per heavy atom. The molecule has 1 saturated carbocycles. The van der Waals surface area contributed by atoms with Crippen molar-refractivity contribution in [2.24, 2.45) is 10.9 Å². The van der Waals surface area contributed by atoms with E-state index in [9.17, 15) is 0 Å². The lowest BCUT2D eigenvalue weighted by Gasteiger charge is -2.27. The van der Waals surface area contributed by atoms with Crippen LogP contribution in [0.1, 0.15) is 30.9 Å². The number of benzene rings is 1. The fraction of sp³-hybridized carbons (Fsp3) is 0.667. The second-order valence-electron chi connectivity index (χ2n) is 7.30. The molecule has 6 nitrogen and oxygen atoms in total. The summed E-state index contributed by atoms with van der Waals surface area (Å²) in [5.41, 5.74) is 2.64. The van der Waals surface area contributed by atoms with Gasteiger partial charge in [-0.15, -0.1) is 0 Å². The van der Waals surface area contributed by atoms with Gasteiger partial charge in [0.15, 0.2) is 5.96 Å². The van der Waals surface area contributed by atoms with E-state index in [2.05, 4.69) is 46.7 Å². The fourth-order valence-electron chi connectivity index (χ4n) is 3.15. The van der Waals surface area contributed by atoms with Gasteiger partial charge in [0.2, 0.25) is 0 Å². The molecule has 2 N–H and O–H groups in total. The first-order chi connectivity index (χ1) is 13.3. The molecule has 0 atom stereocenters. The molecule has 0 bridgehead atoms. The highest BCUT2D eigenvalue weighted by Gasteiger charge is 2.20. The van der Waals surface area contributed by atoms with E-state index in [-0.39, 0.29) is 0 Å². The molecule has 1 aromatic carbocycles. The fourth-order valence-corrected chi connectivity index (χ4v) is 3.15. The number of morpholine rings is 1. The van der Waals surface area contributed by atoms with E-state index in [1.54, 1.807) is 0 Å². The summed E-state index contributed by atoms with van der Waals surface area (Å²) < 4.78 is 11.1. The zero-order valence-electron chi connectivity index (χ0n) is 16.6. The maximum Gasteiger partial charge on any atom is 0.191 e. The molecule has 0 aromatic heterocycles. The van der Waals surface area contributed by atoms with Crippen molar-refractivity contribution in [2.45, 2.75) is 32.9 Å². The van der Waals surface area contributed by atoms with Crippen molar-refractivity contribution in [1.82, 2.24) is 15.5 Å². The number of hydrogen-bond acceptors (Lipinski definition) is 4. The van der Waals surface area contributed by atoms with Crippen molar-refractivity contribution in [2.75, 3.05) is 52.6 Å². The van der Waals surface area contributed by atoms with Crippen LogP contribution in [0.15, 0.2) is 29.3 Å². The van der Waals surface area contributed by atoms with E-state index in [1.165, 1.54) is 24.0 Å². The first-order valence-corrected chi connectivity index (χ1v) is 10.3.